The van der Waals surface area contributed by atoms with Crippen LogP contribution in [0.4, 0.5) is 0 Å². The lowest BCUT2D eigenvalue weighted by Crippen LogP contribution is -2.29. The van der Waals surface area contributed by atoms with E-state index in [-0.39, 0.29) is 5.92 Å². The van der Waals surface area contributed by atoms with Crippen molar-refractivity contribution in [3.05, 3.63) is 35.9 Å². The largest absolute Gasteiger partial charge is 0.392 e. The molecule has 16 heavy (non-hydrogen) atoms. The summed E-state index contributed by atoms with van der Waals surface area (Å²) >= 11 is 0. The number of nitrogens with zero attached hydrogens (tertiary/aromatic N) is 1. The quantitative estimate of drug-likeness (QED) is 0.764. The van der Waals surface area contributed by atoms with Crippen LogP contribution < -0.4 is 5.32 Å². The Morgan fingerprint density at radius 1 is 1.38 bits per heavy atom. The van der Waals surface area contributed by atoms with Crippen molar-refractivity contribution in [2.75, 3.05) is 6.54 Å². The minimum Gasteiger partial charge on any atom is -0.392 e. The molecule has 2 unspecified atom stereocenters. The Hall–Kier alpha value is -1.37. The summed E-state index contributed by atoms with van der Waals surface area (Å²) < 4.78 is 0. The van der Waals surface area contributed by atoms with Gasteiger partial charge in [0.2, 0.25) is 0 Å². The van der Waals surface area contributed by atoms with Gasteiger partial charge in [0.05, 0.1) is 18.1 Å². The fourth-order valence-electron chi connectivity index (χ4n) is 1.52. The molecule has 0 saturated carbocycles. The monoisotopic (exact) mass is 218 g/mol. The minimum absolute atomic E-state index is 0.325. The second-order valence-electron chi connectivity index (χ2n) is 3.83. The van der Waals surface area contributed by atoms with Crippen molar-refractivity contribution < 1.29 is 5.11 Å². The average Bonchev–Trinajstić information content (AvgIpc) is 2.35. The topological polar surface area (TPSA) is 56.0 Å². The van der Waals surface area contributed by atoms with E-state index < -0.39 is 6.10 Å². The van der Waals surface area contributed by atoms with Crippen LogP contribution in [-0.4, -0.2) is 17.8 Å². The van der Waals surface area contributed by atoms with E-state index in [2.05, 4.69) is 11.4 Å². The average molecular weight is 218 g/mol. The zero-order valence-electron chi connectivity index (χ0n) is 9.56. The molecule has 3 nitrogen and oxygen atoms in total. The summed E-state index contributed by atoms with van der Waals surface area (Å²) in [6.45, 7) is 3.14. The third-order valence-corrected chi connectivity index (χ3v) is 2.58. The van der Waals surface area contributed by atoms with Crippen LogP contribution in [0.25, 0.3) is 0 Å². The van der Waals surface area contributed by atoms with Crippen molar-refractivity contribution in [3.8, 4) is 6.07 Å². The molecular formula is C13H18N2O. The zero-order chi connectivity index (χ0) is 11.8. The number of aliphatic hydroxyl groups excluding tert-OH is 1. The first kappa shape index (κ1) is 12.7. The predicted octanol–water partition coefficient (Wildman–Crippen LogP) is 1.69. The standard InChI is InChI=1S/C13H18N2O/c1-2-13(16)12(8-14)10-15-9-11-6-4-3-5-7-11/h3-7,12-13,15-16H,2,9-10H2,1H3. The summed E-state index contributed by atoms with van der Waals surface area (Å²) in [5.41, 5.74) is 1.19. The Balaban J connectivity index is 2.32. The predicted molar refractivity (Wildman–Crippen MR) is 63.5 cm³/mol. The molecule has 0 fully saturated rings. The van der Waals surface area contributed by atoms with Crippen LogP contribution in [0.1, 0.15) is 18.9 Å². The van der Waals surface area contributed by atoms with Crippen LogP contribution in [0.3, 0.4) is 0 Å². The van der Waals surface area contributed by atoms with E-state index in [0.29, 0.717) is 13.0 Å². The second kappa shape index (κ2) is 7.00. The first-order valence-corrected chi connectivity index (χ1v) is 5.60. The van der Waals surface area contributed by atoms with Crippen LogP contribution in [-0.2, 0) is 6.54 Å². The SMILES string of the molecule is CCC(O)C(C#N)CNCc1ccccc1. The molecule has 2 atom stereocenters. The van der Waals surface area contributed by atoms with Gasteiger partial charge in [-0.25, -0.2) is 0 Å². The van der Waals surface area contributed by atoms with Gasteiger partial charge in [-0.1, -0.05) is 37.3 Å². The molecule has 1 aromatic carbocycles. The van der Waals surface area contributed by atoms with Crippen molar-refractivity contribution in [2.45, 2.75) is 26.0 Å². The highest BCUT2D eigenvalue weighted by molar-refractivity contribution is 5.14. The molecule has 0 radical (unpaired) electrons. The van der Waals surface area contributed by atoms with E-state index in [1.807, 2.05) is 37.3 Å². The van der Waals surface area contributed by atoms with E-state index in [9.17, 15) is 5.11 Å². The van der Waals surface area contributed by atoms with Crippen molar-refractivity contribution in [1.29, 1.82) is 5.26 Å². The molecule has 0 amide bonds. The number of hydrogen-bond donors (Lipinski definition) is 2. The molecule has 86 valence electrons. The molecule has 1 rings (SSSR count). The summed E-state index contributed by atoms with van der Waals surface area (Å²) in [6, 6.07) is 12.1. The lowest BCUT2D eigenvalue weighted by Gasteiger charge is -2.15. The van der Waals surface area contributed by atoms with Gasteiger partial charge < -0.3 is 10.4 Å². The first-order valence-electron chi connectivity index (χ1n) is 5.60. The van der Waals surface area contributed by atoms with Crippen LogP contribution in [0, 0.1) is 17.2 Å². The van der Waals surface area contributed by atoms with Gasteiger partial charge in [0.15, 0.2) is 0 Å². The molecule has 0 heterocycles. The van der Waals surface area contributed by atoms with E-state index >= 15 is 0 Å². The Kier molecular flexibility index (Phi) is 5.55. The van der Waals surface area contributed by atoms with Crippen LogP contribution >= 0.6 is 0 Å². The molecule has 0 aliphatic heterocycles. The lowest BCUT2D eigenvalue weighted by molar-refractivity contribution is 0.128. The van der Waals surface area contributed by atoms with Gasteiger partial charge in [-0.15, -0.1) is 0 Å². The van der Waals surface area contributed by atoms with E-state index in [4.69, 9.17) is 5.26 Å². The molecule has 0 spiro atoms. The lowest BCUT2D eigenvalue weighted by atomic mass is 10.0. The van der Waals surface area contributed by atoms with E-state index in [0.717, 1.165) is 6.54 Å². The second-order valence-corrected chi connectivity index (χ2v) is 3.83. The van der Waals surface area contributed by atoms with Gasteiger partial charge in [-0.2, -0.15) is 5.26 Å². The number of benzene rings is 1. The van der Waals surface area contributed by atoms with Gasteiger partial charge in [0.1, 0.15) is 0 Å². The Bertz CT molecular complexity index is 332. The molecule has 2 N–H and O–H groups in total. The highest BCUT2D eigenvalue weighted by Gasteiger charge is 2.15. The molecule has 0 aliphatic carbocycles. The number of nitriles is 1. The molecule has 0 aromatic heterocycles. The van der Waals surface area contributed by atoms with Gasteiger partial charge in [0.25, 0.3) is 0 Å². The molecule has 1 aromatic rings. The summed E-state index contributed by atoms with van der Waals surface area (Å²) in [6.07, 6.45) is 0.0823. The van der Waals surface area contributed by atoms with Crippen LogP contribution in [0.2, 0.25) is 0 Å². The maximum Gasteiger partial charge on any atom is 0.0846 e. The smallest absolute Gasteiger partial charge is 0.0846 e. The number of nitrogens with one attached hydrogen (secondary N) is 1. The molecule has 0 aliphatic rings. The number of aliphatic hydroxyl groups is 1. The maximum atomic E-state index is 9.55. The molecule has 0 saturated heterocycles. The highest BCUT2D eigenvalue weighted by atomic mass is 16.3. The third kappa shape index (κ3) is 4.01. The molecule has 3 heteroatoms. The fourth-order valence-corrected chi connectivity index (χ4v) is 1.52. The summed E-state index contributed by atoms with van der Waals surface area (Å²) in [5, 5.41) is 21.6. The number of rotatable bonds is 6. The Morgan fingerprint density at radius 2 is 2.06 bits per heavy atom. The minimum atomic E-state index is -0.534. The first-order chi connectivity index (χ1) is 7.77. The molecule has 0 bridgehead atoms. The van der Waals surface area contributed by atoms with Gasteiger partial charge in [0, 0.05) is 13.1 Å². The Labute approximate surface area is 96.7 Å². The van der Waals surface area contributed by atoms with Gasteiger partial charge in [-0.05, 0) is 12.0 Å². The van der Waals surface area contributed by atoms with Crippen molar-refractivity contribution >= 4 is 0 Å². The van der Waals surface area contributed by atoms with Gasteiger partial charge >= 0.3 is 0 Å². The number of hydrogen-bond acceptors (Lipinski definition) is 3. The van der Waals surface area contributed by atoms with Crippen molar-refractivity contribution in [1.82, 2.24) is 5.32 Å². The summed E-state index contributed by atoms with van der Waals surface area (Å²) in [5.74, 6) is -0.325. The molecular weight excluding hydrogens is 200 g/mol. The third-order valence-electron chi connectivity index (χ3n) is 2.58. The zero-order valence-corrected chi connectivity index (χ0v) is 9.56. The normalized spacial score (nSPS) is 14.1. The van der Waals surface area contributed by atoms with Crippen LogP contribution in [0.5, 0.6) is 0 Å². The maximum absolute atomic E-state index is 9.55. The van der Waals surface area contributed by atoms with Crippen LogP contribution in [0.15, 0.2) is 30.3 Å². The van der Waals surface area contributed by atoms with Crippen molar-refractivity contribution in [3.63, 3.8) is 0 Å². The fraction of sp³-hybridized carbons (Fsp3) is 0.462. The van der Waals surface area contributed by atoms with E-state index in [1.165, 1.54) is 5.56 Å². The van der Waals surface area contributed by atoms with Crippen molar-refractivity contribution in [2.24, 2.45) is 5.92 Å². The Morgan fingerprint density at radius 3 is 2.62 bits per heavy atom. The summed E-state index contributed by atoms with van der Waals surface area (Å²) in [4.78, 5) is 0. The van der Waals surface area contributed by atoms with Gasteiger partial charge in [-0.3, -0.25) is 0 Å². The summed E-state index contributed by atoms with van der Waals surface area (Å²) in [7, 11) is 0. The highest BCUT2D eigenvalue weighted by Crippen LogP contribution is 2.05. The van der Waals surface area contributed by atoms with E-state index in [1.54, 1.807) is 0 Å².